The van der Waals surface area contributed by atoms with Crippen molar-refractivity contribution in [1.82, 2.24) is 14.8 Å². The van der Waals surface area contributed by atoms with Crippen molar-refractivity contribution >= 4 is 29.3 Å². The van der Waals surface area contributed by atoms with E-state index in [1.165, 1.54) is 18.9 Å². The van der Waals surface area contributed by atoms with Crippen LogP contribution in [0, 0.1) is 0 Å². The molecule has 0 aliphatic heterocycles. The molecule has 1 heterocycles. The lowest BCUT2D eigenvalue weighted by molar-refractivity contribution is -0.139. The Morgan fingerprint density at radius 1 is 1.45 bits per heavy atom. The van der Waals surface area contributed by atoms with E-state index in [9.17, 15) is 4.79 Å². The number of thioether (sulfide) groups is 1. The molecule has 0 saturated carbocycles. The fourth-order valence-electron chi connectivity index (χ4n) is 1.85. The van der Waals surface area contributed by atoms with E-state index < -0.39 is 0 Å². The van der Waals surface area contributed by atoms with Gasteiger partial charge in [0.15, 0.2) is 11.0 Å². The van der Waals surface area contributed by atoms with E-state index in [2.05, 4.69) is 16.8 Å². The van der Waals surface area contributed by atoms with E-state index in [-0.39, 0.29) is 11.2 Å². The number of ether oxygens (including phenoxy) is 1. The van der Waals surface area contributed by atoms with Crippen LogP contribution in [0.15, 0.2) is 42.1 Å². The second-order valence-electron chi connectivity index (χ2n) is 4.50. The van der Waals surface area contributed by atoms with E-state index in [1.54, 1.807) is 25.1 Å². The fourth-order valence-corrected chi connectivity index (χ4v) is 2.87. The van der Waals surface area contributed by atoms with Gasteiger partial charge in [0.05, 0.1) is 7.11 Å². The van der Waals surface area contributed by atoms with Gasteiger partial charge in [0.1, 0.15) is 5.25 Å². The van der Waals surface area contributed by atoms with Crippen molar-refractivity contribution in [1.29, 1.82) is 0 Å². The van der Waals surface area contributed by atoms with Crippen molar-refractivity contribution in [2.24, 2.45) is 0 Å². The third-order valence-electron chi connectivity index (χ3n) is 2.95. The first kappa shape index (κ1) is 16.6. The monoisotopic (exact) mass is 337 g/mol. The normalized spacial score (nSPS) is 12.0. The summed E-state index contributed by atoms with van der Waals surface area (Å²) in [6, 6.07) is 7.36. The number of carbonyl (C=O) groups is 1. The number of hydrogen-bond acceptors (Lipinski definition) is 5. The van der Waals surface area contributed by atoms with Gasteiger partial charge < -0.3 is 4.74 Å². The van der Waals surface area contributed by atoms with E-state index >= 15 is 0 Å². The summed E-state index contributed by atoms with van der Waals surface area (Å²) in [7, 11) is 1.37. The molecule has 0 fully saturated rings. The summed E-state index contributed by atoms with van der Waals surface area (Å²) >= 11 is 7.21. The number of esters is 1. The van der Waals surface area contributed by atoms with Crippen LogP contribution in [0.25, 0.3) is 11.4 Å². The van der Waals surface area contributed by atoms with Gasteiger partial charge in [-0.3, -0.25) is 9.36 Å². The predicted octanol–water partition coefficient (Wildman–Crippen LogP) is 3.44. The molecular formula is C15H16ClN3O2S. The zero-order valence-electron chi connectivity index (χ0n) is 12.3. The van der Waals surface area contributed by atoms with Crippen LogP contribution in [-0.4, -0.2) is 33.1 Å². The van der Waals surface area contributed by atoms with Crippen LogP contribution in [0.5, 0.6) is 0 Å². The first-order valence-corrected chi connectivity index (χ1v) is 7.87. The molecule has 0 radical (unpaired) electrons. The average Bonchev–Trinajstić information content (AvgIpc) is 2.90. The van der Waals surface area contributed by atoms with Gasteiger partial charge in [-0.05, 0) is 31.2 Å². The summed E-state index contributed by atoms with van der Waals surface area (Å²) in [6.07, 6.45) is 1.76. The van der Waals surface area contributed by atoms with E-state index in [0.29, 0.717) is 22.5 Å². The first-order chi connectivity index (χ1) is 10.6. The van der Waals surface area contributed by atoms with Crippen molar-refractivity contribution in [3.63, 3.8) is 0 Å². The summed E-state index contributed by atoms with van der Waals surface area (Å²) in [5.74, 6) is 0.405. The third-order valence-corrected chi connectivity index (χ3v) is 4.26. The number of aromatic nitrogens is 3. The zero-order valence-corrected chi connectivity index (χ0v) is 13.9. The maximum absolute atomic E-state index is 11.6. The highest BCUT2D eigenvalue weighted by Crippen LogP contribution is 2.27. The minimum atomic E-state index is -0.365. The van der Waals surface area contributed by atoms with Crippen LogP contribution in [0.3, 0.4) is 0 Å². The summed E-state index contributed by atoms with van der Waals surface area (Å²) in [6.45, 7) is 6.07. The number of allylic oxidation sites excluding steroid dienone is 1. The molecule has 116 valence electrons. The van der Waals surface area contributed by atoms with Gasteiger partial charge in [0, 0.05) is 17.1 Å². The summed E-state index contributed by atoms with van der Waals surface area (Å²) < 4.78 is 6.64. The third kappa shape index (κ3) is 3.69. The molecule has 0 saturated heterocycles. The molecule has 22 heavy (non-hydrogen) atoms. The van der Waals surface area contributed by atoms with Crippen LogP contribution in [0.1, 0.15) is 6.92 Å². The molecule has 0 amide bonds. The highest BCUT2D eigenvalue weighted by molar-refractivity contribution is 8.00. The SMILES string of the molecule is C=CCn1c(SC(C)C(=O)OC)nnc1-c1ccc(Cl)cc1. The molecule has 5 nitrogen and oxygen atoms in total. The Hall–Kier alpha value is -1.79. The number of benzene rings is 1. The minimum Gasteiger partial charge on any atom is -0.468 e. The molecule has 1 aromatic heterocycles. The first-order valence-electron chi connectivity index (χ1n) is 6.61. The lowest BCUT2D eigenvalue weighted by Gasteiger charge is -2.10. The minimum absolute atomic E-state index is 0.300. The fraction of sp³-hybridized carbons (Fsp3) is 0.267. The number of halogens is 1. The van der Waals surface area contributed by atoms with Crippen LogP contribution in [0.4, 0.5) is 0 Å². The predicted molar refractivity (Wildman–Crippen MR) is 88.0 cm³/mol. The quantitative estimate of drug-likeness (QED) is 0.459. The Kier molecular flexibility index (Phi) is 5.63. The zero-order chi connectivity index (χ0) is 16.1. The summed E-state index contributed by atoms with van der Waals surface area (Å²) in [4.78, 5) is 11.6. The summed E-state index contributed by atoms with van der Waals surface area (Å²) in [5, 5.41) is 9.34. The molecule has 0 spiro atoms. The van der Waals surface area contributed by atoms with Crippen molar-refractivity contribution < 1.29 is 9.53 Å². The summed E-state index contributed by atoms with van der Waals surface area (Å²) in [5.41, 5.74) is 0.899. The maximum atomic E-state index is 11.6. The highest BCUT2D eigenvalue weighted by Gasteiger charge is 2.20. The van der Waals surface area contributed by atoms with Crippen molar-refractivity contribution in [3.05, 3.63) is 41.9 Å². The van der Waals surface area contributed by atoms with Gasteiger partial charge in [-0.2, -0.15) is 0 Å². The van der Waals surface area contributed by atoms with Gasteiger partial charge in [-0.25, -0.2) is 0 Å². The van der Waals surface area contributed by atoms with Crippen molar-refractivity contribution in [2.45, 2.75) is 23.9 Å². The second-order valence-corrected chi connectivity index (χ2v) is 6.24. The standard InChI is InChI=1S/C15H16ClN3O2S/c1-4-9-19-13(11-5-7-12(16)8-6-11)17-18-15(19)22-10(2)14(20)21-3/h4-8,10H,1,9H2,2-3H3. The average molecular weight is 338 g/mol. The van der Waals surface area contributed by atoms with E-state index in [1.807, 2.05) is 16.7 Å². The Morgan fingerprint density at radius 3 is 2.73 bits per heavy atom. The number of hydrogen-bond donors (Lipinski definition) is 0. The van der Waals surface area contributed by atoms with Crippen molar-refractivity contribution in [3.8, 4) is 11.4 Å². The van der Waals surface area contributed by atoms with Crippen LogP contribution < -0.4 is 0 Å². The molecule has 0 N–H and O–H groups in total. The Bertz CT molecular complexity index is 670. The van der Waals surface area contributed by atoms with Crippen LogP contribution >= 0.6 is 23.4 Å². The van der Waals surface area contributed by atoms with Crippen LogP contribution in [-0.2, 0) is 16.1 Å². The van der Waals surface area contributed by atoms with Gasteiger partial charge in [-0.15, -0.1) is 16.8 Å². The number of nitrogens with zero attached hydrogens (tertiary/aromatic N) is 3. The topological polar surface area (TPSA) is 57.0 Å². The number of methoxy groups -OCH3 is 1. The second kappa shape index (κ2) is 7.47. The van der Waals surface area contributed by atoms with Gasteiger partial charge in [0.2, 0.25) is 0 Å². The van der Waals surface area contributed by atoms with Crippen LogP contribution in [0.2, 0.25) is 5.02 Å². The molecule has 1 unspecified atom stereocenters. The molecule has 1 aromatic carbocycles. The number of rotatable bonds is 6. The Balaban J connectivity index is 2.34. The molecular weight excluding hydrogens is 322 g/mol. The Morgan fingerprint density at radius 2 is 2.14 bits per heavy atom. The molecule has 1 atom stereocenters. The maximum Gasteiger partial charge on any atom is 0.318 e. The smallest absolute Gasteiger partial charge is 0.318 e. The Labute approximate surface area is 138 Å². The molecule has 2 rings (SSSR count). The molecule has 0 bridgehead atoms. The lowest BCUT2D eigenvalue weighted by Crippen LogP contribution is -2.15. The van der Waals surface area contributed by atoms with Crippen molar-refractivity contribution in [2.75, 3.05) is 7.11 Å². The molecule has 0 aliphatic carbocycles. The molecule has 7 heteroatoms. The molecule has 0 aliphatic rings. The molecule has 2 aromatic rings. The van der Waals surface area contributed by atoms with E-state index in [4.69, 9.17) is 16.3 Å². The lowest BCUT2D eigenvalue weighted by atomic mass is 10.2. The van der Waals surface area contributed by atoms with E-state index in [0.717, 1.165) is 5.56 Å². The van der Waals surface area contributed by atoms with Gasteiger partial charge in [0.25, 0.3) is 0 Å². The largest absolute Gasteiger partial charge is 0.468 e. The number of carbonyl (C=O) groups excluding carboxylic acids is 1. The van der Waals surface area contributed by atoms with Gasteiger partial charge in [-0.1, -0.05) is 29.4 Å². The highest BCUT2D eigenvalue weighted by atomic mass is 35.5. The van der Waals surface area contributed by atoms with Gasteiger partial charge >= 0.3 is 5.97 Å².